The lowest BCUT2D eigenvalue weighted by Gasteiger charge is -2.07. The molecule has 0 spiro atoms. The van der Waals surface area contributed by atoms with Gasteiger partial charge in [-0.3, -0.25) is 19.6 Å². The number of benzene rings is 1. The minimum atomic E-state index is -0.783. The van der Waals surface area contributed by atoms with Crippen molar-refractivity contribution in [3.05, 3.63) is 51.3 Å². The zero-order valence-electron chi connectivity index (χ0n) is 11.8. The highest BCUT2D eigenvalue weighted by Crippen LogP contribution is 2.22. The zero-order chi connectivity index (χ0) is 16.4. The third-order valence-corrected chi connectivity index (χ3v) is 3.02. The molecule has 1 amide bonds. The highest BCUT2D eigenvalue weighted by molar-refractivity contribution is 5.90. The van der Waals surface area contributed by atoms with E-state index < -0.39 is 22.5 Å². The van der Waals surface area contributed by atoms with E-state index in [0.29, 0.717) is 0 Å². The van der Waals surface area contributed by atoms with Gasteiger partial charge in [-0.1, -0.05) is 0 Å². The molecule has 0 unspecified atom stereocenters. The van der Waals surface area contributed by atoms with Crippen molar-refractivity contribution < 1.29 is 18.5 Å². The second-order valence-electron chi connectivity index (χ2n) is 4.61. The molecule has 2 aromatic rings. The van der Waals surface area contributed by atoms with Gasteiger partial charge in [0, 0.05) is 6.07 Å². The fourth-order valence-corrected chi connectivity index (χ4v) is 2.02. The number of aryl methyl sites for hydroxylation is 1. The molecule has 0 saturated heterocycles. The van der Waals surface area contributed by atoms with Crippen molar-refractivity contribution in [3.63, 3.8) is 0 Å². The summed E-state index contributed by atoms with van der Waals surface area (Å²) in [4.78, 5) is 22.1. The third-order valence-electron chi connectivity index (χ3n) is 3.02. The Kier molecular flexibility index (Phi) is 4.15. The summed E-state index contributed by atoms with van der Waals surface area (Å²) in [5, 5.41) is 17.0. The molecule has 7 nitrogen and oxygen atoms in total. The van der Waals surface area contributed by atoms with Crippen molar-refractivity contribution >= 4 is 17.3 Å². The molecule has 0 saturated carbocycles. The van der Waals surface area contributed by atoms with Gasteiger partial charge in [0.1, 0.15) is 29.6 Å². The van der Waals surface area contributed by atoms with Crippen molar-refractivity contribution in [3.8, 4) is 0 Å². The van der Waals surface area contributed by atoms with Crippen LogP contribution in [0, 0.1) is 35.6 Å². The maximum atomic E-state index is 13.4. The molecule has 0 radical (unpaired) electrons. The smallest absolute Gasteiger partial charge is 0.312 e. The molecule has 9 heteroatoms. The maximum absolute atomic E-state index is 13.4. The molecule has 0 bridgehead atoms. The van der Waals surface area contributed by atoms with Gasteiger partial charge in [-0.05, 0) is 26.0 Å². The van der Waals surface area contributed by atoms with Crippen LogP contribution in [0.25, 0.3) is 0 Å². The highest BCUT2D eigenvalue weighted by atomic mass is 19.1. The van der Waals surface area contributed by atoms with Gasteiger partial charge in [-0.2, -0.15) is 5.10 Å². The number of hydrogen-bond donors (Lipinski definition) is 1. The molecule has 1 N–H and O–H groups in total. The summed E-state index contributed by atoms with van der Waals surface area (Å²) in [6.07, 6.45) is 0. The normalized spacial score (nSPS) is 10.5. The van der Waals surface area contributed by atoms with E-state index in [1.165, 1.54) is 13.8 Å². The molecule has 0 fully saturated rings. The lowest BCUT2D eigenvalue weighted by Crippen LogP contribution is -2.21. The second-order valence-corrected chi connectivity index (χ2v) is 4.61. The van der Waals surface area contributed by atoms with Crippen LogP contribution in [0.4, 0.5) is 20.2 Å². The van der Waals surface area contributed by atoms with Gasteiger partial charge in [-0.25, -0.2) is 8.78 Å². The Morgan fingerprint density at radius 3 is 2.68 bits per heavy atom. The molecule has 0 aliphatic heterocycles. The van der Waals surface area contributed by atoms with E-state index in [9.17, 15) is 23.7 Å². The SMILES string of the molecule is Cc1nn(CC(=O)Nc2cc(F)ccc2F)c(C)c1[N+](=O)[O-]. The van der Waals surface area contributed by atoms with E-state index in [0.717, 1.165) is 22.9 Å². The number of rotatable bonds is 4. The van der Waals surface area contributed by atoms with Crippen LogP contribution in [0.5, 0.6) is 0 Å². The largest absolute Gasteiger partial charge is 0.322 e. The molecule has 1 aromatic carbocycles. The number of anilines is 1. The van der Waals surface area contributed by atoms with Gasteiger partial charge >= 0.3 is 5.69 Å². The fourth-order valence-electron chi connectivity index (χ4n) is 2.02. The van der Waals surface area contributed by atoms with E-state index in [1.54, 1.807) is 0 Å². The van der Waals surface area contributed by atoms with E-state index in [1.807, 2.05) is 0 Å². The summed E-state index contributed by atoms with van der Waals surface area (Å²) in [5.41, 5.74) is -0.102. The average molecular weight is 310 g/mol. The number of halogens is 2. The molecule has 0 atom stereocenters. The summed E-state index contributed by atoms with van der Waals surface area (Å²) < 4.78 is 27.6. The Bertz CT molecular complexity index is 758. The molecule has 1 aromatic heterocycles. The van der Waals surface area contributed by atoms with Crippen LogP contribution in [0.1, 0.15) is 11.4 Å². The molecule has 2 rings (SSSR count). The maximum Gasteiger partial charge on any atom is 0.312 e. The van der Waals surface area contributed by atoms with Gasteiger partial charge in [-0.15, -0.1) is 0 Å². The monoisotopic (exact) mass is 310 g/mol. The van der Waals surface area contributed by atoms with Crippen molar-refractivity contribution in [1.82, 2.24) is 9.78 Å². The molecule has 0 aliphatic rings. The van der Waals surface area contributed by atoms with Gasteiger partial charge < -0.3 is 5.32 Å². The van der Waals surface area contributed by atoms with Crippen LogP contribution in [0.3, 0.4) is 0 Å². The number of nitrogens with zero attached hydrogens (tertiary/aromatic N) is 3. The quantitative estimate of drug-likeness (QED) is 0.693. The van der Waals surface area contributed by atoms with Crippen LogP contribution >= 0.6 is 0 Å². The number of nitro groups is 1. The molecule has 116 valence electrons. The van der Waals surface area contributed by atoms with Crippen molar-refractivity contribution in [1.29, 1.82) is 0 Å². The number of nitrogens with one attached hydrogen (secondary N) is 1. The van der Waals surface area contributed by atoms with Gasteiger partial charge in [0.2, 0.25) is 5.91 Å². The standard InChI is InChI=1S/C13H12F2N4O3/c1-7-13(19(21)22)8(2)18(17-7)6-12(20)16-11-5-9(14)3-4-10(11)15/h3-5H,6H2,1-2H3,(H,16,20). The summed E-state index contributed by atoms with van der Waals surface area (Å²) in [6, 6.07) is 2.66. The van der Waals surface area contributed by atoms with E-state index in [2.05, 4.69) is 10.4 Å². The Labute approximate surface area is 123 Å². The summed E-state index contributed by atoms with van der Waals surface area (Å²) in [7, 11) is 0. The number of amides is 1. The number of carbonyl (C=O) groups is 1. The summed E-state index contributed by atoms with van der Waals surface area (Å²) in [6.45, 7) is 2.55. The molecular weight excluding hydrogens is 298 g/mol. The lowest BCUT2D eigenvalue weighted by molar-refractivity contribution is -0.386. The van der Waals surface area contributed by atoms with Crippen LogP contribution in [-0.2, 0) is 11.3 Å². The highest BCUT2D eigenvalue weighted by Gasteiger charge is 2.22. The topological polar surface area (TPSA) is 90.1 Å². The number of hydrogen-bond acceptors (Lipinski definition) is 4. The average Bonchev–Trinajstić information content (AvgIpc) is 2.68. The summed E-state index contributed by atoms with van der Waals surface area (Å²) in [5.74, 6) is -2.16. The minimum absolute atomic E-state index is 0.173. The van der Waals surface area contributed by atoms with E-state index in [4.69, 9.17) is 0 Å². The minimum Gasteiger partial charge on any atom is -0.322 e. The van der Waals surface area contributed by atoms with E-state index >= 15 is 0 Å². The molecular formula is C13H12F2N4O3. The Balaban J connectivity index is 2.18. The predicted molar refractivity (Wildman–Crippen MR) is 73.3 cm³/mol. The Hall–Kier alpha value is -2.84. The van der Waals surface area contributed by atoms with Crippen LogP contribution in [0.15, 0.2) is 18.2 Å². The van der Waals surface area contributed by atoms with E-state index in [-0.39, 0.29) is 29.3 Å². The summed E-state index contributed by atoms with van der Waals surface area (Å²) >= 11 is 0. The first-order chi connectivity index (χ1) is 10.3. The number of aromatic nitrogens is 2. The first-order valence-corrected chi connectivity index (χ1v) is 6.23. The van der Waals surface area contributed by atoms with Gasteiger partial charge in [0.25, 0.3) is 0 Å². The second kappa shape index (κ2) is 5.88. The van der Waals surface area contributed by atoms with Crippen molar-refractivity contribution in [2.45, 2.75) is 20.4 Å². The van der Waals surface area contributed by atoms with Gasteiger partial charge in [0.05, 0.1) is 10.6 Å². The first kappa shape index (κ1) is 15.5. The molecule has 1 heterocycles. The van der Waals surface area contributed by atoms with Crippen molar-refractivity contribution in [2.75, 3.05) is 5.32 Å². The van der Waals surface area contributed by atoms with Crippen LogP contribution in [0.2, 0.25) is 0 Å². The molecule has 0 aliphatic carbocycles. The third kappa shape index (κ3) is 3.08. The molecule has 22 heavy (non-hydrogen) atoms. The predicted octanol–water partition coefficient (Wildman–Crippen LogP) is 2.33. The van der Waals surface area contributed by atoms with Crippen LogP contribution in [-0.4, -0.2) is 20.6 Å². The first-order valence-electron chi connectivity index (χ1n) is 6.23. The zero-order valence-corrected chi connectivity index (χ0v) is 11.8. The fraction of sp³-hybridized carbons (Fsp3) is 0.231. The number of carbonyl (C=O) groups excluding carboxylic acids is 1. The Morgan fingerprint density at radius 2 is 2.09 bits per heavy atom. The van der Waals surface area contributed by atoms with Crippen LogP contribution < -0.4 is 5.32 Å². The Morgan fingerprint density at radius 1 is 1.41 bits per heavy atom. The van der Waals surface area contributed by atoms with Gasteiger partial charge in [0.15, 0.2) is 0 Å². The lowest BCUT2D eigenvalue weighted by atomic mass is 10.3. The van der Waals surface area contributed by atoms with Crippen molar-refractivity contribution in [2.24, 2.45) is 0 Å².